The average Bonchev–Trinajstić information content (AvgIpc) is 2.28. The number of likely N-dealkylation sites (N-methyl/N-ethyl adjacent to an activating group) is 2. The van der Waals surface area contributed by atoms with Gasteiger partial charge in [-0.3, -0.25) is 4.79 Å². The standard InChI is InChI=1S/C12H22N2O2/c1-5-8-13(4)9-10(12(16)11(9)15)14(6-2)7-3/h11,15H,5-8H2,1-4H3. The van der Waals surface area contributed by atoms with Crippen LogP contribution in [0.5, 0.6) is 0 Å². The number of aliphatic hydroxyl groups excluding tert-OH is 1. The normalized spacial score (nSPS) is 19.8. The van der Waals surface area contributed by atoms with Crippen LogP contribution in [0.4, 0.5) is 0 Å². The first-order valence-electron chi connectivity index (χ1n) is 6.00. The maximum absolute atomic E-state index is 11.7. The fourth-order valence-corrected chi connectivity index (χ4v) is 2.13. The van der Waals surface area contributed by atoms with E-state index in [0.29, 0.717) is 5.70 Å². The zero-order valence-electron chi connectivity index (χ0n) is 10.7. The molecule has 0 spiro atoms. The highest BCUT2D eigenvalue weighted by Crippen LogP contribution is 2.29. The van der Waals surface area contributed by atoms with Crippen molar-refractivity contribution in [1.82, 2.24) is 9.80 Å². The van der Waals surface area contributed by atoms with Gasteiger partial charge in [0.2, 0.25) is 5.78 Å². The van der Waals surface area contributed by atoms with E-state index in [1.54, 1.807) is 0 Å². The summed E-state index contributed by atoms with van der Waals surface area (Å²) >= 11 is 0. The topological polar surface area (TPSA) is 43.8 Å². The zero-order valence-corrected chi connectivity index (χ0v) is 10.7. The van der Waals surface area contributed by atoms with Gasteiger partial charge in [0.15, 0.2) is 6.10 Å². The number of rotatable bonds is 6. The van der Waals surface area contributed by atoms with Crippen molar-refractivity contribution >= 4 is 5.78 Å². The molecule has 0 aromatic rings. The number of aliphatic hydroxyl groups is 1. The summed E-state index contributed by atoms with van der Waals surface area (Å²) in [5.74, 6) is -0.137. The first kappa shape index (κ1) is 13.0. The number of nitrogens with zero attached hydrogens (tertiary/aromatic N) is 2. The molecule has 4 nitrogen and oxygen atoms in total. The molecule has 92 valence electrons. The van der Waals surface area contributed by atoms with Crippen LogP contribution in [0.3, 0.4) is 0 Å². The molecule has 1 atom stereocenters. The molecule has 1 N–H and O–H groups in total. The molecular formula is C12H22N2O2. The van der Waals surface area contributed by atoms with E-state index < -0.39 is 6.10 Å². The van der Waals surface area contributed by atoms with Gasteiger partial charge in [-0.25, -0.2) is 0 Å². The summed E-state index contributed by atoms with van der Waals surface area (Å²) in [5, 5.41) is 9.71. The second-order valence-electron chi connectivity index (χ2n) is 4.09. The maximum atomic E-state index is 11.7. The number of ketones is 1. The minimum absolute atomic E-state index is 0.137. The van der Waals surface area contributed by atoms with E-state index in [0.717, 1.165) is 31.8 Å². The molecule has 1 rings (SSSR count). The molecule has 1 aliphatic carbocycles. The van der Waals surface area contributed by atoms with E-state index >= 15 is 0 Å². The average molecular weight is 226 g/mol. The van der Waals surface area contributed by atoms with Gasteiger partial charge in [0, 0.05) is 26.7 Å². The smallest absolute Gasteiger partial charge is 0.215 e. The molecule has 0 aromatic heterocycles. The van der Waals surface area contributed by atoms with Crippen molar-refractivity contribution in [3.05, 3.63) is 11.4 Å². The number of carbonyl (C=O) groups is 1. The third kappa shape index (κ3) is 2.07. The van der Waals surface area contributed by atoms with Crippen molar-refractivity contribution in [2.24, 2.45) is 0 Å². The van der Waals surface area contributed by atoms with Gasteiger partial charge in [-0.15, -0.1) is 0 Å². The Morgan fingerprint density at radius 3 is 2.25 bits per heavy atom. The highest BCUT2D eigenvalue weighted by molar-refractivity contribution is 6.07. The Hall–Kier alpha value is -1.03. The minimum Gasteiger partial charge on any atom is -0.378 e. The minimum atomic E-state index is -0.910. The summed E-state index contributed by atoms with van der Waals surface area (Å²) in [7, 11) is 1.93. The van der Waals surface area contributed by atoms with Crippen LogP contribution >= 0.6 is 0 Å². The lowest BCUT2D eigenvalue weighted by atomic mass is 9.92. The molecular weight excluding hydrogens is 204 g/mol. The summed E-state index contributed by atoms with van der Waals surface area (Å²) < 4.78 is 0. The third-order valence-electron chi connectivity index (χ3n) is 3.03. The van der Waals surface area contributed by atoms with E-state index in [4.69, 9.17) is 0 Å². The van der Waals surface area contributed by atoms with Crippen molar-refractivity contribution in [2.45, 2.75) is 33.3 Å². The van der Waals surface area contributed by atoms with Crippen LogP contribution in [0, 0.1) is 0 Å². The fourth-order valence-electron chi connectivity index (χ4n) is 2.13. The van der Waals surface area contributed by atoms with Crippen LogP contribution in [0.2, 0.25) is 0 Å². The van der Waals surface area contributed by atoms with Gasteiger partial charge < -0.3 is 14.9 Å². The van der Waals surface area contributed by atoms with E-state index in [1.807, 2.05) is 30.7 Å². The Bertz CT molecular complexity index is 295. The van der Waals surface area contributed by atoms with Gasteiger partial charge in [0.05, 0.1) is 5.70 Å². The predicted molar refractivity (Wildman–Crippen MR) is 63.9 cm³/mol. The summed E-state index contributed by atoms with van der Waals surface area (Å²) in [6.45, 7) is 8.59. The number of carbonyl (C=O) groups excluding carboxylic acids is 1. The molecule has 1 unspecified atom stereocenters. The Labute approximate surface area is 97.5 Å². The molecule has 0 aromatic carbocycles. The number of hydrogen-bond donors (Lipinski definition) is 1. The van der Waals surface area contributed by atoms with Gasteiger partial charge in [0.25, 0.3) is 0 Å². The largest absolute Gasteiger partial charge is 0.378 e. The van der Waals surface area contributed by atoms with E-state index in [2.05, 4.69) is 6.92 Å². The molecule has 0 aliphatic heterocycles. The molecule has 0 fully saturated rings. The molecule has 1 aliphatic rings. The van der Waals surface area contributed by atoms with Gasteiger partial charge in [0.1, 0.15) is 5.70 Å². The molecule has 0 heterocycles. The van der Waals surface area contributed by atoms with Gasteiger partial charge in [-0.2, -0.15) is 0 Å². The molecule has 0 amide bonds. The predicted octanol–water partition coefficient (Wildman–Crippen LogP) is 0.825. The molecule has 0 saturated carbocycles. The Kier molecular flexibility index (Phi) is 4.35. The Balaban J connectivity index is 2.95. The highest BCUT2D eigenvalue weighted by atomic mass is 16.3. The zero-order chi connectivity index (χ0) is 12.3. The summed E-state index contributed by atoms with van der Waals surface area (Å²) in [6, 6.07) is 0. The molecule has 16 heavy (non-hydrogen) atoms. The lowest BCUT2D eigenvalue weighted by molar-refractivity contribution is -0.128. The lowest BCUT2D eigenvalue weighted by Crippen LogP contribution is -2.50. The van der Waals surface area contributed by atoms with Crippen LogP contribution in [-0.2, 0) is 4.79 Å². The number of Topliss-reactive ketones (excluding diaryl/α,β-unsaturated/α-hetero) is 1. The fraction of sp³-hybridized carbons (Fsp3) is 0.750. The van der Waals surface area contributed by atoms with E-state index in [1.165, 1.54) is 0 Å². The van der Waals surface area contributed by atoms with Gasteiger partial charge in [-0.1, -0.05) is 6.92 Å². The van der Waals surface area contributed by atoms with Gasteiger partial charge in [-0.05, 0) is 20.3 Å². The molecule has 0 radical (unpaired) electrons. The summed E-state index contributed by atoms with van der Waals surface area (Å²) in [6.07, 6.45) is 0.0963. The highest BCUT2D eigenvalue weighted by Gasteiger charge is 2.42. The van der Waals surface area contributed by atoms with Gasteiger partial charge >= 0.3 is 0 Å². The van der Waals surface area contributed by atoms with Crippen LogP contribution in [-0.4, -0.2) is 53.5 Å². The Morgan fingerprint density at radius 1 is 1.25 bits per heavy atom. The van der Waals surface area contributed by atoms with Crippen LogP contribution in [0.1, 0.15) is 27.2 Å². The third-order valence-corrected chi connectivity index (χ3v) is 3.03. The molecule has 0 bridgehead atoms. The van der Waals surface area contributed by atoms with E-state index in [-0.39, 0.29) is 5.78 Å². The SMILES string of the molecule is CCCN(C)C1=C(N(CC)CC)C(=O)C1O. The molecule has 4 heteroatoms. The second-order valence-corrected chi connectivity index (χ2v) is 4.09. The monoisotopic (exact) mass is 226 g/mol. The first-order valence-corrected chi connectivity index (χ1v) is 6.00. The first-order chi connectivity index (χ1) is 7.58. The maximum Gasteiger partial charge on any atom is 0.215 e. The van der Waals surface area contributed by atoms with Crippen LogP contribution in [0.25, 0.3) is 0 Å². The number of hydrogen-bond acceptors (Lipinski definition) is 4. The van der Waals surface area contributed by atoms with Crippen molar-refractivity contribution in [3.8, 4) is 0 Å². The van der Waals surface area contributed by atoms with Crippen LogP contribution < -0.4 is 0 Å². The quantitative estimate of drug-likeness (QED) is 0.728. The Morgan fingerprint density at radius 2 is 1.81 bits per heavy atom. The van der Waals surface area contributed by atoms with E-state index in [9.17, 15) is 9.90 Å². The second kappa shape index (κ2) is 5.34. The van der Waals surface area contributed by atoms with Crippen molar-refractivity contribution < 1.29 is 9.90 Å². The van der Waals surface area contributed by atoms with Crippen molar-refractivity contribution in [1.29, 1.82) is 0 Å². The molecule has 0 saturated heterocycles. The van der Waals surface area contributed by atoms with Crippen molar-refractivity contribution in [2.75, 3.05) is 26.7 Å². The lowest BCUT2D eigenvalue weighted by Gasteiger charge is -2.39. The summed E-state index contributed by atoms with van der Waals surface area (Å²) in [5.41, 5.74) is 1.49. The van der Waals surface area contributed by atoms with Crippen molar-refractivity contribution in [3.63, 3.8) is 0 Å². The summed E-state index contributed by atoms with van der Waals surface area (Å²) in [4.78, 5) is 15.7. The van der Waals surface area contributed by atoms with Crippen LogP contribution in [0.15, 0.2) is 11.4 Å².